The molecule has 0 aromatic heterocycles. The van der Waals surface area contributed by atoms with Crippen LogP contribution in [0.4, 0.5) is 0 Å². The first kappa shape index (κ1) is 21.2. The molecule has 3 atom stereocenters. The number of benzene rings is 2. The van der Waals surface area contributed by atoms with E-state index in [9.17, 15) is 14.4 Å². The van der Waals surface area contributed by atoms with Crippen molar-refractivity contribution < 1.29 is 23.9 Å². The first-order valence-corrected chi connectivity index (χ1v) is 10.3. The maximum Gasteiger partial charge on any atom is 0.321 e. The van der Waals surface area contributed by atoms with Crippen LogP contribution in [0, 0.1) is 11.8 Å². The molecule has 6 heteroatoms. The van der Waals surface area contributed by atoms with E-state index in [0.29, 0.717) is 5.56 Å². The third-order valence-corrected chi connectivity index (χ3v) is 5.78. The zero-order valence-electron chi connectivity index (χ0n) is 16.6. The van der Waals surface area contributed by atoms with Gasteiger partial charge in [0.15, 0.2) is 11.7 Å². The Morgan fingerprint density at radius 1 is 1.10 bits per heavy atom. The fourth-order valence-corrected chi connectivity index (χ4v) is 4.25. The molecule has 5 nitrogen and oxygen atoms in total. The minimum absolute atomic E-state index is 0.145. The van der Waals surface area contributed by atoms with Crippen molar-refractivity contribution in [2.45, 2.75) is 32.3 Å². The van der Waals surface area contributed by atoms with E-state index in [4.69, 9.17) is 9.47 Å². The number of esters is 2. The second-order valence-corrected chi connectivity index (χ2v) is 8.46. The van der Waals surface area contributed by atoms with E-state index in [2.05, 4.69) is 15.9 Å². The van der Waals surface area contributed by atoms with E-state index in [1.54, 1.807) is 45.0 Å². The van der Waals surface area contributed by atoms with Crippen LogP contribution in [0.25, 0.3) is 0 Å². The number of hydrogen-bond donors (Lipinski definition) is 0. The summed E-state index contributed by atoms with van der Waals surface area (Å²) in [7, 11) is 0. The summed E-state index contributed by atoms with van der Waals surface area (Å²) in [5.41, 5.74) is 0.214. The normalized spacial score (nSPS) is 21.3. The van der Waals surface area contributed by atoms with Gasteiger partial charge in [-0.1, -0.05) is 58.4 Å². The summed E-state index contributed by atoms with van der Waals surface area (Å²) in [5.74, 6) is -4.08. The molecule has 1 fully saturated rings. The van der Waals surface area contributed by atoms with Gasteiger partial charge in [0.1, 0.15) is 5.60 Å². The van der Waals surface area contributed by atoms with Crippen molar-refractivity contribution in [2.75, 3.05) is 6.61 Å². The van der Waals surface area contributed by atoms with Crippen molar-refractivity contribution in [1.29, 1.82) is 0 Å². The summed E-state index contributed by atoms with van der Waals surface area (Å²) < 4.78 is 11.6. The quantitative estimate of drug-likeness (QED) is 0.360. The van der Waals surface area contributed by atoms with Gasteiger partial charge in [-0.3, -0.25) is 14.4 Å². The molecule has 2 aromatic carbocycles. The fraction of sp³-hybridized carbons (Fsp3) is 0.348. The van der Waals surface area contributed by atoms with Gasteiger partial charge in [0.05, 0.1) is 12.5 Å². The van der Waals surface area contributed by atoms with Gasteiger partial charge < -0.3 is 9.47 Å². The van der Waals surface area contributed by atoms with E-state index in [1.807, 2.05) is 30.3 Å². The van der Waals surface area contributed by atoms with Crippen molar-refractivity contribution >= 4 is 33.7 Å². The van der Waals surface area contributed by atoms with Gasteiger partial charge in [0.2, 0.25) is 0 Å². The van der Waals surface area contributed by atoms with E-state index in [1.165, 1.54) is 0 Å². The molecule has 0 N–H and O–H groups in total. The number of hydrogen-bond acceptors (Lipinski definition) is 5. The van der Waals surface area contributed by atoms with Crippen LogP contribution in [0.3, 0.4) is 0 Å². The van der Waals surface area contributed by atoms with Crippen LogP contribution >= 0.6 is 15.9 Å². The molecule has 29 heavy (non-hydrogen) atoms. The molecule has 0 aliphatic carbocycles. The maximum absolute atomic E-state index is 13.6. The van der Waals surface area contributed by atoms with Gasteiger partial charge >= 0.3 is 11.9 Å². The predicted molar refractivity (Wildman–Crippen MR) is 111 cm³/mol. The smallest absolute Gasteiger partial charge is 0.321 e. The van der Waals surface area contributed by atoms with Crippen LogP contribution in [-0.4, -0.2) is 29.9 Å². The third kappa shape index (κ3) is 4.27. The number of Topliss-reactive ketones (excluding diaryl/α,β-unsaturated/α-hetero) is 1. The van der Waals surface area contributed by atoms with Gasteiger partial charge in [-0.15, -0.1) is 0 Å². The van der Waals surface area contributed by atoms with E-state index in [-0.39, 0.29) is 12.4 Å². The number of ether oxygens (including phenoxy) is 2. The van der Waals surface area contributed by atoms with Crippen LogP contribution < -0.4 is 0 Å². The summed E-state index contributed by atoms with van der Waals surface area (Å²) in [6, 6.07) is 16.2. The topological polar surface area (TPSA) is 69.7 Å². The van der Waals surface area contributed by atoms with Crippen molar-refractivity contribution in [3.63, 3.8) is 0 Å². The van der Waals surface area contributed by atoms with E-state index >= 15 is 0 Å². The maximum atomic E-state index is 13.6. The SMILES string of the molecule is CCOC(=O)[C@H]1C(=O)OC(C)(C)[C@@H]1[C@H](C(=O)c1ccc(Br)cc1)c1ccccc1. The lowest BCUT2D eigenvalue weighted by Gasteiger charge is -2.33. The number of cyclic esters (lactones) is 1. The van der Waals surface area contributed by atoms with Crippen LogP contribution in [0.5, 0.6) is 0 Å². The average molecular weight is 459 g/mol. The first-order chi connectivity index (χ1) is 13.8. The van der Waals surface area contributed by atoms with Crippen molar-refractivity contribution in [2.24, 2.45) is 11.8 Å². The summed E-state index contributed by atoms with van der Waals surface area (Å²) in [6.45, 7) is 5.30. The Balaban J connectivity index is 2.13. The molecule has 0 radical (unpaired) electrons. The largest absolute Gasteiger partial charge is 0.465 e. The van der Waals surface area contributed by atoms with Crippen molar-refractivity contribution in [1.82, 2.24) is 0 Å². The highest BCUT2D eigenvalue weighted by Crippen LogP contribution is 2.47. The fourth-order valence-electron chi connectivity index (χ4n) is 3.98. The molecular weight excluding hydrogens is 436 g/mol. The Bertz CT molecular complexity index is 905. The van der Waals surface area contributed by atoms with Crippen LogP contribution in [0.1, 0.15) is 42.6 Å². The Hall–Kier alpha value is -2.47. The summed E-state index contributed by atoms with van der Waals surface area (Å²) in [4.78, 5) is 38.9. The average Bonchev–Trinajstić information content (AvgIpc) is 2.92. The number of halogens is 1. The molecule has 1 saturated heterocycles. The highest BCUT2D eigenvalue weighted by molar-refractivity contribution is 9.10. The second kappa shape index (κ2) is 8.49. The molecule has 0 saturated carbocycles. The molecule has 0 amide bonds. The number of rotatable bonds is 6. The molecule has 2 aromatic rings. The van der Waals surface area contributed by atoms with Crippen molar-refractivity contribution in [3.8, 4) is 0 Å². The molecule has 0 spiro atoms. The highest BCUT2D eigenvalue weighted by Gasteiger charge is 2.58. The second-order valence-electron chi connectivity index (χ2n) is 7.54. The van der Waals surface area contributed by atoms with Gasteiger partial charge in [-0.25, -0.2) is 0 Å². The first-order valence-electron chi connectivity index (χ1n) is 9.50. The lowest BCUT2D eigenvalue weighted by Crippen LogP contribution is -2.41. The molecule has 3 rings (SSSR count). The molecule has 1 aliphatic heterocycles. The minimum Gasteiger partial charge on any atom is -0.465 e. The Morgan fingerprint density at radius 3 is 2.31 bits per heavy atom. The number of carbonyl (C=O) groups excluding carboxylic acids is 3. The Kier molecular flexibility index (Phi) is 6.22. The van der Waals surface area contributed by atoms with E-state index < -0.39 is 35.3 Å². The highest BCUT2D eigenvalue weighted by atomic mass is 79.9. The van der Waals surface area contributed by atoms with Gasteiger partial charge in [0, 0.05) is 16.0 Å². The molecule has 0 bridgehead atoms. The van der Waals surface area contributed by atoms with Gasteiger partial charge in [0.25, 0.3) is 0 Å². The molecule has 152 valence electrons. The van der Waals surface area contributed by atoms with Crippen LogP contribution in [0.15, 0.2) is 59.1 Å². The molecular formula is C23H23BrO5. The lowest BCUT2D eigenvalue weighted by atomic mass is 9.69. The zero-order chi connectivity index (χ0) is 21.2. The monoisotopic (exact) mass is 458 g/mol. The third-order valence-electron chi connectivity index (χ3n) is 5.25. The molecule has 0 unspecified atom stereocenters. The lowest BCUT2D eigenvalue weighted by molar-refractivity contribution is -0.157. The van der Waals surface area contributed by atoms with Gasteiger partial charge in [-0.05, 0) is 38.5 Å². The summed E-state index contributed by atoms with van der Waals surface area (Å²) in [5, 5.41) is 0. The molecule has 1 aliphatic rings. The van der Waals surface area contributed by atoms with Crippen molar-refractivity contribution in [3.05, 3.63) is 70.2 Å². The summed E-state index contributed by atoms with van der Waals surface area (Å²) >= 11 is 3.38. The van der Waals surface area contributed by atoms with Crippen LogP contribution in [0.2, 0.25) is 0 Å². The summed E-state index contributed by atoms with van der Waals surface area (Å²) in [6.07, 6.45) is 0. The number of ketones is 1. The van der Waals surface area contributed by atoms with Crippen LogP contribution in [-0.2, 0) is 19.1 Å². The Morgan fingerprint density at radius 2 is 1.72 bits per heavy atom. The Labute approximate surface area is 178 Å². The standard InChI is InChI=1S/C23H23BrO5/c1-4-28-21(26)18-19(23(2,3)29-22(18)27)17(14-8-6-5-7-9-14)20(25)15-10-12-16(24)13-11-15/h5-13,17-19H,4H2,1-3H3/t17-,18+,19-/m1/s1. The van der Waals surface area contributed by atoms with Gasteiger partial charge in [-0.2, -0.15) is 0 Å². The van der Waals surface area contributed by atoms with E-state index in [0.717, 1.165) is 10.0 Å². The number of carbonyl (C=O) groups is 3. The minimum atomic E-state index is -1.16. The predicted octanol–water partition coefficient (Wildman–Crippen LogP) is 4.55. The molecule has 1 heterocycles. The zero-order valence-corrected chi connectivity index (χ0v) is 18.1.